The normalized spacial score (nSPS) is 26.1. The van der Waals surface area contributed by atoms with E-state index in [1.54, 1.807) is 6.07 Å². The summed E-state index contributed by atoms with van der Waals surface area (Å²) in [6.07, 6.45) is 2.71. The van der Waals surface area contributed by atoms with Gasteiger partial charge in [0.1, 0.15) is 5.60 Å². The number of piperidine rings is 2. The number of nitrogens with zero attached hydrogens (tertiary/aromatic N) is 3. The number of nitro groups is 1. The monoisotopic (exact) mass is 517 g/mol. The van der Waals surface area contributed by atoms with E-state index in [0.717, 1.165) is 63.1 Å². The third kappa shape index (κ3) is 6.35. The molecule has 0 saturated carbocycles. The van der Waals surface area contributed by atoms with Gasteiger partial charge in [-0.15, -0.1) is 0 Å². The average molecular weight is 518 g/mol. The first-order chi connectivity index (χ1) is 17.6. The number of ether oxygens (including phenoxy) is 2. The Hall–Kier alpha value is -2.43. The number of amides is 1. The standard InChI is InChI=1S/C27H43N5O5/c1-18-14-23(32(34)35)25(36-5)15-21(18)22-16-28-9-6-20(22)24-17-29-10-13-31(24)19-7-11-30(12-8-19)26(33)37-27(2,3)4/h14-15,19-20,22,24,28-29H,6-13,16-17H2,1-5H3. The Morgan fingerprint density at radius 1 is 1.08 bits per heavy atom. The molecule has 0 bridgehead atoms. The lowest BCUT2D eigenvalue weighted by Gasteiger charge is -2.50. The zero-order chi connectivity index (χ0) is 26.7. The number of carbonyl (C=O) groups is 1. The van der Waals surface area contributed by atoms with E-state index < -0.39 is 5.60 Å². The van der Waals surface area contributed by atoms with Crippen LogP contribution in [0.1, 0.15) is 57.1 Å². The van der Waals surface area contributed by atoms with Crippen molar-refractivity contribution >= 4 is 11.8 Å². The van der Waals surface area contributed by atoms with Crippen LogP contribution in [0.2, 0.25) is 0 Å². The Balaban J connectivity index is 1.52. The number of hydrogen-bond acceptors (Lipinski definition) is 8. The molecule has 3 aliphatic rings. The molecule has 3 aliphatic heterocycles. The van der Waals surface area contributed by atoms with E-state index in [4.69, 9.17) is 9.47 Å². The van der Waals surface area contributed by atoms with Gasteiger partial charge < -0.3 is 25.0 Å². The third-order valence-corrected chi connectivity index (χ3v) is 8.10. The first-order valence-electron chi connectivity index (χ1n) is 13.6. The predicted molar refractivity (Wildman–Crippen MR) is 142 cm³/mol. The molecule has 206 valence electrons. The van der Waals surface area contributed by atoms with E-state index in [-0.39, 0.29) is 22.6 Å². The number of carbonyl (C=O) groups excluding carboxylic acids is 1. The Bertz CT molecular complexity index is 973. The van der Waals surface area contributed by atoms with Crippen molar-refractivity contribution in [3.63, 3.8) is 0 Å². The second-order valence-electron chi connectivity index (χ2n) is 11.6. The van der Waals surface area contributed by atoms with Crippen LogP contribution in [-0.2, 0) is 4.74 Å². The molecular formula is C27H43N5O5. The van der Waals surface area contributed by atoms with Gasteiger partial charge in [0.05, 0.1) is 12.0 Å². The zero-order valence-corrected chi connectivity index (χ0v) is 22.9. The van der Waals surface area contributed by atoms with Crippen molar-refractivity contribution in [2.24, 2.45) is 5.92 Å². The summed E-state index contributed by atoms with van der Waals surface area (Å²) in [5.74, 6) is 0.962. The molecule has 1 amide bonds. The maximum absolute atomic E-state index is 12.6. The number of aryl methyl sites for hydroxylation is 1. The summed E-state index contributed by atoms with van der Waals surface area (Å²) < 4.78 is 11.0. The number of nitro benzene ring substituents is 1. The van der Waals surface area contributed by atoms with Crippen molar-refractivity contribution in [3.05, 3.63) is 33.4 Å². The molecule has 3 fully saturated rings. The summed E-state index contributed by atoms with van der Waals surface area (Å²) in [4.78, 5) is 28.3. The molecule has 1 aromatic rings. The Morgan fingerprint density at radius 3 is 2.43 bits per heavy atom. The van der Waals surface area contributed by atoms with Crippen molar-refractivity contribution in [3.8, 4) is 5.75 Å². The van der Waals surface area contributed by atoms with E-state index >= 15 is 0 Å². The molecule has 1 aromatic carbocycles. The first-order valence-corrected chi connectivity index (χ1v) is 13.6. The van der Waals surface area contributed by atoms with Crippen LogP contribution in [0.4, 0.5) is 10.5 Å². The minimum absolute atomic E-state index is 0.0155. The van der Waals surface area contributed by atoms with Crippen LogP contribution in [0.15, 0.2) is 12.1 Å². The number of benzene rings is 1. The maximum atomic E-state index is 12.6. The fourth-order valence-corrected chi connectivity index (χ4v) is 6.37. The van der Waals surface area contributed by atoms with Gasteiger partial charge in [0.25, 0.3) is 0 Å². The van der Waals surface area contributed by atoms with E-state index in [1.165, 1.54) is 7.11 Å². The maximum Gasteiger partial charge on any atom is 0.410 e. The van der Waals surface area contributed by atoms with E-state index in [2.05, 4.69) is 15.5 Å². The molecule has 3 unspecified atom stereocenters. The summed E-state index contributed by atoms with van der Waals surface area (Å²) in [6.45, 7) is 13.8. The van der Waals surface area contributed by atoms with Gasteiger partial charge in [0.2, 0.25) is 0 Å². The minimum atomic E-state index is -0.486. The van der Waals surface area contributed by atoms with Crippen molar-refractivity contribution in [1.82, 2.24) is 20.4 Å². The van der Waals surface area contributed by atoms with Gasteiger partial charge in [-0.3, -0.25) is 15.0 Å². The summed E-state index contributed by atoms with van der Waals surface area (Å²) in [7, 11) is 1.49. The van der Waals surface area contributed by atoms with Crippen LogP contribution < -0.4 is 15.4 Å². The molecule has 3 heterocycles. The predicted octanol–water partition coefficient (Wildman–Crippen LogP) is 3.28. The van der Waals surface area contributed by atoms with Crippen molar-refractivity contribution < 1.29 is 19.2 Å². The molecule has 10 heteroatoms. The lowest BCUT2D eigenvalue weighted by molar-refractivity contribution is -0.385. The Labute approximate surface area is 220 Å². The lowest BCUT2D eigenvalue weighted by Crippen LogP contribution is -2.61. The highest BCUT2D eigenvalue weighted by molar-refractivity contribution is 5.68. The fraction of sp³-hybridized carbons (Fsp3) is 0.741. The van der Waals surface area contributed by atoms with E-state index in [9.17, 15) is 14.9 Å². The smallest absolute Gasteiger partial charge is 0.410 e. The van der Waals surface area contributed by atoms with Crippen LogP contribution in [-0.4, -0.2) is 91.4 Å². The fourth-order valence-electron chi connectivity index (χ4n) is 6.37. The third-order valence-electron chi connectivity index (χ3n) is 8.10. The summed E-state index contributed by atoms with van der Waals surface area (Å²) >= 11 is 0. The number of likely N-dealkylation sites (tertiary alicyclic amines) is 1. The van der Waals surface area contributed by atoms with Crippen LogP contribution in [0, 0.1) is 23.0 Å². The minimum Gasteiger partial charge on any atom is -0.490 e. The molecule has 0 aliphatic carbocycles. The SMILES string of the molecule is COc1cc(C2CNCCC2C2CNCCN2C2CCN(C(=O)OC(C)(C)C)CC2)c(C)cc1[N+](=O)[O-]. The Morgan fingerprint density at radius 2 is 1.78 bits per heavy atom. The molecule has 10 nitrogen and oxygen atoms in total. The van der Waals surface area contributed by atoms with Crippen LogP contribution in [0.25, 0.3) is 0 Å². The second kappa shape index (κ2) is 11.5. The highest BCUT2D eigenvalue weighted by atomic mass is 16.6. The van der Waals surface area contributed by atoms with Gasteiger partial charge >= 0.3 is 11.8 Å². The van der Waals surface area contributed by atoms with Crippen LogP contribution in [0.5, 0.6) is 5.75 Å². The lowest BCUT2D eigenvalue weighted by atomic mass is 9.74. The molecule has 3 atom stereocenters. The van der Waals surface area contributed by atoms with Gasteiger partial charge in [-0.2, -0.15) is 0 Å². The second-order valence-corrected chi connectivity index (χ2v) is 11.6. The van der Waals surface area contributed by atoms with Gasteiger partial charge in [-0.05, 0) is 76.6 Å². The van der Waals surface area contributed by atoms with Gasteiger partial charge in [0, 0.05) is 63.3 Å². The molecular weight excluding hydrogens is 474 g/mol. The van der Waals surface area contributed by atoms with E-state index in [1.807, 2.05) is 38.7 Å². The highest BCUT2D eigenvalue weighted by Crippen LogP contribution is 2.41. The molecule has 3 saturated heterocycles. The van der Waals surface area contributed by atoms with Gasteiger partial charge in [0.15, 0.2) is 5.75 Å². The number of methoxy groups -OCH3 is 1. The number of rotatable bonds is 5. The van der Waals surface area contributed by atoms with E-state index in [0.29, 0.717) is 36.8 Å². The number of nitrogens with one attached hydrogen (secondary N) is 2. The zero-order valence-electron chi connectivity index (χ0n) is 22.9. The quantitative estimate of drug-likeness (QED) is 0.453. The first kappa shape index (κ1) is 27.6. The van der Waals surface area contributed by atoms with Crippen molar-refractivity contribution in [1.29, 1.82) is 0 Å². The largest absolute Gasteiger partial charge is 0.490 e. The number of hydrogen-bond donors (Lipinski definition) is 2. The summed E-state index contributed by atoms with van der Waals surface area (Å²) in [6, 6.07) is 4.33. The molecule has 4 rings (SSSR count). The van der Waals surface area contributed by atoms with Crippen molar-refractivity contribution in [2.75, 3.05) is 52.9 Å². The highest BCUT2D eigenvalue weighted by Gasteiger charge is 2.41. The Kier molecular flexibility index (Phi) is 8.60. The molecule has 0 spiro atoms. The topological polar surface area (TPSA) is 109 Å². The molecule has 0 aromatic heterocycles. The van der Waals surface area contributed by atoms with Gasteiger partial charge in [-0.25, -0.2) is 4.79 Å². The van der Waals surface area contributed by atoms with Crippen LogP contribution in [0.3, 0.4) is 0 Å². The van der Waals surface area contributed by atoms with Gasteiger partial charge in [-0.1, -0.05) is 0 Å². The molecule has 2 N–H and O–H groups in total. The van der Waals surface area contributed by atoms with Crippen molar-refractivity contribution in [2.45, 2.75) is 70.6 Å². The summed E-state index contributed by atoms with van der Waals surface area (Å²) in [5, 5.41) is 18.7. The number of piperazine rings is 1. The molecule has 0 radical (unpaired) electrons. The van der Waals surface area contributed by atoms with Crippen LogP contribution >= 0.6 is 0 Å². The summed E-state index contributed by atoms with van der Waals surface area (Å²) in [5.41, 5.74) is 1.60. The average Bonchev–Trinajstić information content (AvgIpc) is 2.87. The molecule has 37 heavy (non-hydrogen) atoms.